The molecule has 0 aliphatic carbocycles. The highest BCUT2D eigenvalue weighted by molar-refractivity contribution is 5.90. The molecule has 9 nitrogen and oxygen atoms in total. The van der Waals surface area contributed by atoms with Gasteiger partial charge in [-0.05, 0) is 24.3 Å². The molecule has 0 saturated carbocycles. The fourth-order valence-corrected chi connectivity index (χ4v) is 2.97. The Bertz CT molecular complexity index is 1230. The van der Waals surface area contributed by atoms with Gasteiger partial charge in [0, 0.05) is 13.2 Å². The van der Waals surface area contributed by atoms with Crippen molar-refractivity contribution < 1.29 is 9.15 Å². The van der Waals surface area contributed by atoms with Gasteiger partial charge >= 0.3 is 0 Å². The van der Waals surface area contributed by atoms with Crippen LogP contribution in [0.15, 0.2) is 59.3 Å². The van der Waals surface area contributed by atoms with E-state index in [1.165, 1.54) is 0 Å². The Labute approximate surface area is 159 Å². The first-order chi connectivity index (χ1) is 13.8. The molecule has 9 heteroatoms. The van der Waals surface area contributed by atoms with Crippen LogP contribution in [0.5, 0.6) is 5.75 Å². The molecule has 4 heterocycles. The summed E-state index contributed by atoms with van der Waals surface area (Å²) in [5.74, 6) is 2.46. The molecular formula is C19H17N7O2. The SMILES string of the molecule is Cn1cc2c(nc(NCCOc3ccccc3)n3nc(-c4ccco4)nc23)n1. The van der Waals surface area contributed by atoms with E-state index in [0.29, 0.717) is 42.0 Å². The number of furan rings is 1. The van der Waals surface area contributed by atoms with Crippen LogP contribution in [0.1, 0.15) is 0 Å². The van der Waals surface area contributed by atoms with Crippen LogP contribution in [0.4, 0.5) is 5.95 Å². The van der Waals surface area contributed by atoms with E-state index in [1.807, 2.05) is 49.6 Å². The van der Waals surface area contributed by atoms with E-state index in [-0.39, 0.29) is 0 Å². The van der Waals surface area contributed by atoms with Gasteiger partial charge in [-0.15, -0.1) is 5.10 Å². The van der Waals surface area contributed by atoms with Crippen molar-refractivity contribution in [2.24, 2.45) is 7.05 Å². The molecule has 0 amide bonds. The molecule has 0 aliphatic rings. The highest BCUT2D eigenvalue weighted by atomic mass is 16.5. The highest BCUT2D eigenvalue weighted by Gasteiger charge is 2.17. The Morgan fingerprint density at radius 2 is 1.96 bits per heavy atom. The van der Waals surface area contributed by atoms with Gasteiger partial charge in [0.25, 0.3) is 0 Å². The summed E-state index contributed by atoms with van der Waals surface area (Å²) in [5, 5.41) is 13.0. The summed E-state index contributed by atoms with van der Waals surface area (Å²) in [6.07, 6.45) is 3.47. The van der Waals surface area contributed by atoms with Crippen LogP contribution >= 0.6 is 0 Å². The number of benzene rings is 1. The number of hydrogen-bond acceptors (Lipinski definition) is 7. The lowest BCUT2D eigenvalue weighted by atomic mass is 10.3. The minimum Gasteiger partial charge on any atom is -0.492 e. The molecule has 140 valence electrons. The maximum absolute atomic E-state index is 5.73. The van der Waals surface area contributed by atoms with Gasteiger partial charge in [-0.3, -0.25) is 4.68 Å². The number of aromatic nitrogens is 6. The molecule has 0 radical (unpaired) electrons. The Morgan fingerprint density at radius 3 is 2.79 bits per heavy atom. The zero-order valence-corrected chi connectivity index (χ0v) is 15.1. The van der Waals surface area contributed by atoms with Crippen LogP contribution < -0.4 is 10.1 Å². The number of ether oxygens (including phenoxy) is 1. The molecule has 28 heavy (non-hydrogen) atoms. The van der Waals surface area contributed by atoms with Gasteiger partial charge in [-0.25, -0.2) is 4.98 Å². The third-order valence-electron chi connectivity index (χ3n) is 4.21. The second-order valence-electron chi connectivity index (χ2n) is 6.21. The molecule has 1 N–H and O–H groups in total. The highest BCUT2D eigenvalue weighted by Crippen LogP contribution is 2.23. The van der Waals surface area contributed by atoms with Crippen molar-refractivity contribution in [3.63, 3.8) is 0 Å². The molecular weight excluding hydrogens is 358 g/mol. The third kappa shape index (κ3) is 2.92. The van der Waals surface area contributed by atoms with Crippen LogP contribution in [0, 0.1) is 0 Å². The largest absolute Gasteiger partial charge is 0.492 e. The average Bonchev–Trinajstić information content (AvgIpc) is 3.44. The molecule has 0 fully saturated rings. The smallest absolute Gasteiger partial charge is 0.228 e. The van der Waals surface area contributed by atoms with Crippen molar-refractivity contribution in [2.75, 3.05) is 18.5 Å². The van der Waals surface area contributed by atoms with Gasteiger partial charge in [-0.2, -0.15) is 14.6 Å². The van der Waals surface area contributed by atoms with Gasteiger partial charge in [-0.1, -0.05) is 18.2 Å². The minimum atomic E-state index is 0.479. The number of hydrogen-bond donors (Lipinski definition) is 1. The predicted molar refractivity (Wildman–Crippen MR) is 103 cm³/mol. The van der Waals surface area contributed by atoms with E-state index >= 15 is 0 Å². The van der Waals surface area contributed by atoms with Crippen LogP contribution in [0.2, 0.25) is 0 Å². The molecule has 0 spiro atoms. The standard InChI is InChI=1S/C19H17N7O2/c1-25-12-14-16(23-25)22-19(20-9-11-27-13-6-3-2-4-7-13)26-18(14)21-17(24-26)15-8-5-10-28-15/h2-8,10,12H,9,11H2,1H3,(H,20,22,23). The van der Waals surface area contributed by atoms with E-state index in [4.69, 9.17) is 9.15 Å². The van der Waals surface area contributed by atoms with Crippen molar-refractivity contribution in [3.8, 4) is 17.3 Å². The predicted octanol–water partition coefficient (Wildman–Crippen LogP) is 2.76. The maximum atomic E-state index is 5.73. The number of fused-ring (bicyclic) bond motifs is 3. The Hall–Kier alpha value is -3.88. The molecule has 0 bridgehead atoms. The van der Waals surface area contributed by atoms with Crippen LogP contribution in [-0.4, -0.2) is 42.5 Å². The summed E-state index contributed by atoms with van der Waals surface area (Å²) in [5.41, 5.74) is 1.26. The van der Waals surface area contributed by atoms with Crippen molar-refractivity contribution in [1.82, 2.24) is 29.4 Å². The van der Waals surface area contributed by atoms with E-state index < -0.39 is 0 Å². The number of rotatable bonds is 6. The van der Waals surface area contributed by atoms with Crippen LogP contribution in [-0.2, 0) is 7.05 Å². The fraction of sp³-hybridized carbons (Fsp3) is 0.158. The summed E-state index contributed by atoms with van der Waals surface area (Å²) < 4.78 is 14.5. The summed E-state index contributed by atoms with van der Waals surface area (Å²) >= 11 is 0. The van der Waals surface area contributed by atoms with E-state index in [9.17, 15) is 0 Å². The zero-order chi connectivity index (χ0) is 18.9. The number of aryl methyl sites for hydroxylation is 1. The van der Waals surface area contributed by atoms with Crippen LogP contribution in [0.25, 0.3) is 28.3 Å². The Kier molecular flexibility index (Phi) is 3.90. The number of anilines is 1. The van der Waals surface area contributed by atoms with E-state index in [2.05, 4.69) is 25.5 Å². The molecule has 5 rings (SSSR count). The lowest BCUT2D eigenvalue weighted by Gasteiger charge is -2.08. The summed E-state index contributed by atoms with van der Waals surface area (Å²) in [6.45, 7) is 1.03. The van der Waals surface area contributed by atoms with Crippen molar-refractivity contribution >= 4 is 22.6 Å². The molecule has 4 aromatic heterocycles. The van der Waals surface area contributed by atoms with E-state index in [0.717, 1.165) is 11.1 Å². The van der Waals surface area contributed by atoms with Crippen molar-refractivity contribution in [1.29, 1.82) is 0 Å². The first-order valence-corrected chi connectivity index (χ1v) is 8.84. The summed E-state index contributed by atoms with van der Waals surface area (Å²) in [7, 11) is 1.85. The molecule has 0 saturated heterocycles. The van der Waals surface area contributed by atoms with Gasteiger partial charge in [0.2, 0.25) is 11.8 Å². The second kappa shape index (κ2) is 6.69. The quantitative estimate of drug-likeness (QED) is 0.456. The average molecular weight is 375 g/mol. The first-order valence-electron chi connectivity index (χ1n) is 8.84. The fourth-order valence-electron chi connectivity index (χ4n) is 2.97. The minimum absolute atomic E-state index is 0.479. The number of para-hydroxylation sites is 1. The topological polar surface area (TPSA) is 95.3 Å². The van der Waals surface area contributed by atoms with Crippen molar-refractivity contribution in [3.05, 3.63) is 54.9 Å². The normalized spacial score (nSPS) is 11.3. The van der Waals surface area contributed by atoms with Gasteiger partial charge in [0.05, 0.1) is 18.2 Å². The summed E-state index contributed by atoms with van der Waals surface area (Å²) in [4.78, 5) is 9.22. The first kappa shape index (κ1) is 16.3. The van der Waals surface area contributed by atoms with Gasteiger partial charge < -0.3 is 14.5 Å². The second-order valence-corrected chi connectivity index (χ2v) is 6.21. The monoisotopic (exact) mass is 375 g/mol. The lowest BCUT2D eigenvalue weighted by molar-refractivity contribution is 0.332. The number of nitrogens with zero attached hydrogens (tertiary/aromatic N) is 6. The maximum Gasteiger partial charge on any atom is 0.228 e. The Balaban J connectivity index is 1.46. The van der Waals surface area contributed by atoms with Gasteiger partial charge in [0.15, 0.2) is 17.1 Å². The molecule has 0 aliphatic heterocycles. The molecule has 5 aromatic rings. The van der Waals surface area contributed by atoms with E-state index in [1.54, 1.807) is 21.5 Å². The Morgan fingerprint density at radius 1 is 1.07 bits per heavy atom. The lowest BCUT2D eigenvalue weighted by Crippen LogP contribution is -2.15. The summed E-state index contributed by atoms with van der Waals surface area (Å²) in [6, 6.07) is 13.3. The number of nitrogens with one attached hydrogen (secondary N) is 1. The third-order valence-corrected chi connectivity index (χ3v) is 4.21. The molecule has 0 atom stereocenters. The van der Waals surface area contributed by atoms with Gasteiger partial charge in [0.1, 0.15) is 12.4 Å². The molecule has 1 aromatic carbocycles. The zero-order valence-electron chi connectivity index (χ0n) is 15.1. The van der Waals surface area contributed by atoms with Crippen LogP contribution in [0.3, 0.4) is 0 Å². The van der Waals surface area contributed by atoms with Crippen molar-refractivity contribution in [2.45, 2.75) is 0 Å². The molecule has 0 unspecified atom stereocenters.